The standard InChI is InChI=1S/C48H30O/c1-3-14-31(15-4-1)35-24-13-25-44-48(35)43-27-26-33(30-45(43)49-44)34-28-29-42(37-19-8-7-18-36(34)37)47-40-22-11-9-20-38(40)46(32-16-5-2-6-17-32)39-21-10-12-23-41(39)47/h1-30H/i1D,2D,3D,4D,5D,6D,7D,8D,9D,10D,11D,12D,13D,14D,15D,16D,17D,18D,19D,20D,21D,22D,23D,24D,25D,26D,27D,28D,29D,30D. The quantitative estimate of drug-likeness (QED) is 0.172. The van der Waals surface area contributed by atoms with E-state index in [0.717, 1.165) is 0 Å². The first-order chi connectivity index (χ1) is 36.8. The van der Waals surface area contributed by atoms with Gasteiger partial charge in [-0.2, -0.15) is 0 Å². The van der Waals surface area contributed by atoms with E-state index in [4.69, 9.17) is 30.5 Å². The van der Waals surface area contributed by atoms with E-state index in [2.05, 4.69) is 0 Å². The van der Waals surface area contributed by atoms with Gasteiger partial charge in [0, 0.05) is 10.8 Å². The van der Waals surface area contributed by atoms with Gasteiger partial charge in [0.15, 0.2) is 0 Å². The Balaban J connectivity index is 1.47. The van der Waals surface area contributed by atoms with Crippen LogP contribution in [-0.4, -0.2) is 0 Å². The fourth-order valence-electron chi connectivity index (χ4n) is 5.95. The van der Waals surface area contributed by atoms with Crippen molar-refractivity contribution in [3.05, 3.63) is 181 Å². The van der Waals surface area contributed by atoms with E-state index in [9.17, 15) is 15.1 Å². The van der Waals surface area contributed by atoms with Crippen molar-refractivity contribution in [2.75, 3.05) is 0 Å². The largest absolute Gasteiger partial charge is 0.456 e. The van der Waals surface area contributed by atoms with Crippen molar-refractivity contribution in [1.82, 2.24) is 0 Å². The van der Waals surface area contributed by atoms with Crippen molar-refractivity contribution in [2.24, 2.45) is 0 Å². The molecule has 228 valence electrons. The second-order valence-electron chi connectivity index (χ2n) is 10.5. The van der Waals surface area contributed by atoms with Crippen LogP contribution >= 0.6 is 0 Å². The normalized spacial score (nSPS) is 20.2. The zero-order valence-corrected chi connectivity index (χ0v) is 24.4. The molecule has 10 aromatic rings. The molecule has 0 saturated carbocycles. The smallest absolute Gasteiger partial charge is 0.136 e. The average molecular weight is 653 g/mol. The Kier molecular flexibility index (Phi) is 2.50. The number of benzene rings is 9. The molecule has 1 aromatic heterocycles. The summed E-state index contributed by atoms with van der Waals surface area (Å²) in [5.41, 5.74) is -7.51. The monoisotopic (exact) mass is 652 g/mol. The van der Waals surface area contributed by atoms with E-state index in [-0.39, 0.29) is 0 Å². The van der Waals surface area contributed by atoms with Crippen LogP contribution in [0.25, 0.3) is 98.8 Å². The molecule has 0 fully saturated rings. The van der Waals surface area contributed by atoms with Gasteiger partial charge in [-0.3, -0.25) is 0 Å². The highest BCUT2D eigenvalue weighted by atomic mass is 16.3. The molecule has 49 heavy (non-hydrogen) atoms. The van der Waals surface area contributed by atoms with Gasteiger partial charge in [0.25, 0.3) is 0 Å². The lowest BCUT2D eigenvalue weighted by Gasteiger charge is -2.19. The van der Waals surface area contributed by atoms with Crippen molar-refractivity contribution in [1.29, 1.82) is 0 Å². The molecule has 0 radical (unpaired) electrons. The van der Waals surface area contributed by atoms with Crippen LogP contribution in [0.5, 0.6) is 0 Å². The van der Waals surface area contributed by atoms with Gasteiger partial charge in [0.2, 0.25) is 0 Å². The molecule has 0 aliphatic rings. The number of fused-ring (bicyclic) bond motifs is 6. The topological polar surface area (TPSA) is 13.1 Å². The Morgan fingerprint density at radius 3 is 1.49 bits per heavy atom. The number of hydrogen-bond acceptors (Lipinski definition) is 1. The molecule has 0 aliphatic heterocycles. The molecule has 0 spiro atoms. The van der Waals surface area contributed by atoms with E-state index in [1.54, 1.807) is 0 Å². The summed E-state index contributed by atoms with van der Waals surface area (Å²) in [6.45, 7) is 0. The molecule has 1 nitrogen and oxygen atoms in total. The van der Waals surface area contributed by atoms with Gasteiger partial charge >= 0.3 is 0 Å². The minimum Gasteiger partial charge on any atom is -0.456 e. The van der Waals surface area contributed by atoms with Gasteiger partial charge in [-0.25, -0.2) is 0 Å². The molecule has 0 N–H and O–H groups in total. The van der Waals surface area contributed by atoms with Crippen molar-refractivity contribution in [2.45, 2.75) is 0 Å². The first kappa shape index (κ1) is 11.1. The van der Waals surface area contributed by atoms with E-state index in [0.29, 0.717) is 0 Å². The van der Waals surface area contributed by atoms with Crippen LogP contribution in [0.2, 0.25) is 0 Å². The Bertz CT molecular complexity index is 4460. The second kappa shape index (κ2) is 11.1. The zero-order chi connectivity index (χ0) is 58.4. The fourth-order valence-corrected chi connectivity index (χ4v) is 5.95. The predicted octanol–water partition coefficient (Wildman–Crippen LogP) is 13.7. The van der Waals surface area contributed by atoms with E-state index in [1.165, 1.54) is 0 Å². The summed E-state index contributed by atoms with van der Waals surface area (Å²) in [6, 6.07) is -29.2. The van der Waals surface area contributed by atoms with E-state index in [1.807, 2.05) is 0 Å². The Hall–Kier alpha value is -6.44. The van der Waals surface area contributed by atoms with Crippen molar-refractivity contribution in [3.63, 3.8) is 0 Å². The molecule has 9 aromatic carbocycles. The zero-order valence-electron chi connectivity index (χ0n) is 54.4. The van der Waals surface area contributed by atoms with Crippen molar-refractivity contribution in [3.8, 4) is 44.5 Å². The Labute approximate surface area is 326 Å². The molecular formula is C48H30O. The molecule has 1 heteroatoms. The van der Waals surface area contributed by atoms with Gasteiger partial charge in [-0.15, -0.1) is 0 Å². The summed E-state index contributed by atoms with van der Waals surface area (Å²) in [5.74, 6) is 0. The van der Waals surface area contributed by atoms with Gasteiger partial charge in [0.05, 0.1) is 41.1 Å². The van der Waals surface area contributed by atoms with Gasteiger partial charge in [-0.05, 0) is 95.0 Å². The highest BCUT2D eigenvalue weighted by molar-refractivity contribution is 6.24. The van der Waals surface area contributed by atoms with Crippen LogP contribution < -0.4 is 0 Å². The molecule has 0 unspecified atom stereocenters. The van der Waals surface area contributed by atoms with Crippen LogP contribution in [0.1, 0.15) is 41.1 Å². The lowest BCUT2D eigenvalue weighted by Crippen LogP contribution is -1.92. The lowest BCUT2D eigenvalue weighted by atomic mass is 9.84. The van der Waals surface area contributed by atoms with E-state index >= 15 is 0 Å². The molecule has 0 bridgehead atoms. The first-order valence-corrected chi connectivity index (χ1v) is 14.4. The molecule has 0 atom stereocenters. The van der Waals surface area contributed by atoms with Crippen molar-refractivity contribution < 1.29 is 45.5 Å². The third-order valence-electron chi connectivity index (χ3n) is 7.95. The highest BCUT2D eigenvalue weighted by Crippen LogP contribution is 2.47. The summed E-state index contributed by atoms with van der Waals surface area (Å²) in [6.07, 6.45) is 0. The predicted molar refractivity (Wildman–Crippen MR) is 208 cm³/mol. The van der Waals surface area contributed by atoms with Crippen LogP contribution in [0.15, 0.2) is 186 Å². The maximum Gasteiger partial charge on any atom is 0.136 e. The third kappa shape index (κ3) is 4.33. The third-order valence-corrected chi connectivity index (χ3v) is 7.95. The van der Waals surface area contributed by atoms with Gasteiger partial charge < -0.3 is 4.42 Å². The van der Waals surface area contributed by atoms with Crippen LogP contribution in [0.3, 0.4) is 0 Å². The Morgan fingerprint density at radius 2 is 0.837 bits per heavy atom. The first-order valence-electron chi connectivity index (χ1n) is 29.4. The average Bonchev–Trinajstić information content (AvgIpc) is 4.06. The summed E-state index contributed by atoms with van der Waals surface area (Å²) < 4.78 is 276. The van der Waals surface area contributed by atoms with Crippen LogP contribution in [0.4, 0.5) is 0 Å². The number of hydrogen-bond donors (Lipinski definition) is 0. The second-order valence-corrected chi connectivity index (χ2v) is 10.5. The van der Waals surface area contributed by atoms with Crippen LogP contribution in [-0.2, 0) is 0 Å². The highest BCUT2D eigenvalue weighted by Gasteiger charge is 2.19. The SMILES string of the molecule is [2H]c1c([2H])c([2H])c(-c2c3c([2H])c([2H])c([2H])c([2H])c3c(-c3c([2H])c([2H])c(-c4c([2H])c([2H])c5c(oc6c([2H])c([2H])c([2H])c(-c7c([2H])c([2H])c([2H])c([2H])c7[2H])c65)c4[2H])c4c([2H])c([2H])c([2H])c([2H])c34)c3c([2H])c([2H])c([2H])c([2H])c23)c([2H])c1[2H]. The fraction of sp³-hybridized carbons (Fsp3) is 0. The minimum absolute atomic E-state index is 0.507. The molecule has 0 saturated heterocycles. The van der Waals surface area contributed by atoms with E-state index < -0.39 is 280 Å². The Morgan fingerprint density at radius 1 is 0.306 bits per heavy atom. The maximum atomic E-state index is 9.89. The number of rotatable bonds is 4. The van der Waals surface area contributed by atoms with Crippen molar-refractivity contribution >= 4 is 54.3 Å². The lowest BCUT2D eigenvalue weighted by molar-refractivity contribution is 0.669. The van der Waals surface area contributed by atoms with Crippen LogP contribution in [0, 0.1) is 0 Å². The summed E-state index contributed by atoms with van der Waals surface area (Å²) >= 11 is 0. The molecule has 0 aliphatic carbocycles. The maximum absolute atomic E-state index is 9.89. The molecular weight excluding hydrogens is 593 g/mol. The van der Waals surface area contributed by atoms with Gasteiger partial charge in [0.1, 0.15) is 11.2 Å². The molecule has 10 rings (SSSR count). The minimum atomic E-state index is -1.14. The molecule has 1 heterocycles. The number of furan rings is 1. The summed E-state index contributed by atoms with van der Waals surface area (Å²) in [4.78, 5) is 0. The molecule has 0 amide bonds. The van der Waals surface area contributed by atoms with Gasteiger partial charge in [-0.1, -0.05) is 163 Å². The summed E-state index contributed by atoms with van der Waals surface area (Å²) in [7, 11) is 0. The summed E-state index contributed by atoms with van der Waals surface area (Å²) in [5, 5.41) is -5.75.